The van der Waals surface area contributed by atoms with E-state index in [0.29, 0.717) is 0 Å². The summed E-state index contributed by atoms with van der Waals surface area (Å²) in [5, 5.41) is 4.15. The van der Waals surface area contributed by atoms with Crippen LogP contribution in [0.3, 0.4) is 0 Å². The van der Waals surface area contributed by atoms with Crippen LogP contribution in [0.25, 0.3) is 0 Å². The van der Waals surface area contributed by atoms with Gasteiger partial charge in [0.05, 0.1) is 12.2 Å². The highest BCUT2D eigenvalue weighted by molar-refractivity contribution is 14.1. The molecular formula is C11H13IN4. The van der Waals surface area contributed by atoms with Crippen molar-refractivity contribution in [2.75, 3.05) is 0 Å². The minimum atomic E-state index is -0.00861. The second-order valence-corrected chi connectivity index (χ2v) is 4.84. The Morgan fingerprint density at radius 3 is 2.50 bits per heavy atom. The Morgan fingerprint density at radius 1 is 1.31 bits per heavy atom. The molecule has 0 aliphatic heterocycles. The summed E-state index contributed by atoms with van der Waals surface area (Å²) in [7, 11) is 1.89. The van der Waals surface area contributed by atoms with E-state index in [9.17, 15) is 0 Å². The van der Waals surface area contributed by atoms with Crippen LogP contribution in [-0.4, -0.2) is 9.78 Å². The zero-order valence-corrected chi connectivity index (χ0v) is 11.0. The fourth-order valence-corrected chi connectivity index (χ4v) is 1.99. The molecule has 0 saturated carbocycles. The molecule has 0 amide bonds. The summed E-state index contributed by atoms with van der Waals surface area (Å²) in [6.07, 6.45) is 3.78. The van der Waals surface area contributed by atoms with Crippen molar-refractivity contribution in [1.29, 1.82) is 0 Å². The summed E-state index contributed by atoms with van der Waals surface area (Å²) < 4.78 is 2.98. The van der Waals surface area contributed by atoms with E-state index in [2.05, 4.69) is 57.4 Å². The highest BCUT2D eigenvalue weighted by atomic mass is 127. The van der Waals surface area contributed by atoms with Crippen molar-refractivity contribution < 1.29 is 0 Å². The number of halogens is 1. The maximum atomic E-state index is 5.60. The quantitative estimate of drug-likeness (QED) is 0.511. The van der Waals surface area contributed by atoms with Gasteiger partial charge in [0, 0.05) is 22.4 Å². The summed E-state index contributed by atoms with van der Waals surface area (Å²) in [6.45, 7) is 0. The Balaban J connectivity index is 2.32. The number of hydrogen-bond acceptors (Lipinski definition) is 3. The summed E-state index contributed by atoms with van der Waals surface area (Å²) in [4.78, 5) is 0. The number of benzene rings is 1. The molecule has 1 atom stereocenters. The predicted octanol–water partition coefficient (Wildman–Crippen LogP) is 1.58. The van der Waals surface area contributed by atoms with E-state index in [1.807, 2.05) is 19.4 Å². The average Bonchev–Trinajstić information content (AvgIpc) is 2.69. The number of hydrazine groups is 1. The molecule has 2 aromatic rings. The standard InChI is InChI=1S/C11H13IN4/c1-16-7-9(6-14-16)11(15-13)8-2-4-10(12)5-3-8/h2-7,11,15H,13H2,1H3. The molecule has 4 nitrogen and oxygen atoms in total. The monoisotopic (exact) mass is 328 g/mol. The van der Waals surface area contributed by atoms with Crippen LogP contribution in [0.4, 0.5) is 0 Å². The Hall–Kier alpha value is -0.920. The third-order valence-electron chi connectivity index (χ3n) is 2.43. The maximum absolute atomic E-state index is 5.60. The molecular weight excluding hydrogens is 315 g/mol. The van der Waals surface area contributed by atoms with Crippen molar-refractivity contribution in [2.24, 2.45) is 12.9 Å². The van der Waals surface area contributed by atoms with Crippen LogP contribution < -0.4 is 11.3 Å². The lowest BCUT2D eigenvalue weighted by molar-refractivity contribution is 0.635. The first-order chi connectivity index (χ1) is 7.70. The number of aryl methyl sites for hydroxylation is 1. The molecule has 1 unspecified atom stereocenters. The molecule has 0 fully saturated rings. The number of nitrogens with one attached hydrogen (secondary N) is 1. The van der Waals surface area contributed by atoms with Gasteiger partial charge in [-0.1, -0.05) is 12.1 Å². The predicted molar refractivity (Wildman–Crippen MR) is 71.5 cm³/mol. The largest absolute Gasteiger partial charge is 0.275 e. The van der Waals surface area contributed by atoms with Gasteiger partial charge in [0.1, 0.15) is 0 Å². The van der Waals surface area contributed by atoms with E-state index < -0.39 is 0 Å². The molecule has 2 rings (SSSR count). The Morgan fingerprint density at radius 2 is 2.00 bits per heavy atom. The number of nitrogens with zero attached hydrogens (tertiary/aromatic N) is 2. The van der Waals surface area contributed by atoms with Crippen LogP contribution in [0.1, 0.15) is 17.2 Å². The van der Waals surface area contributed by atoms with Gasteiger partial charge in [-0.3, -0.25) is 10.5 Å². The summed E-state index contributed by atoms with van der Waals surface area (Å²) in [5.74, 6) is 5.60. The van der Waals surface area contributed by atoms with Gasteiger partial charge < -0.3 is 0 Å². The molecule has 1 heterocycles. The third-order valence-corrected chi connectivity index (χ3v) is 3.15. The van der Waals surface area contributed by atoms with E-state index in [0.717, 1.165) is 11.1 Å². The Bertz CT molecular complexity index is 463. The summed E-state index contributed by atoms with van der Waals surface area (Å²) in [6, 6.07) is 8.26. The van der Waals surface area contributed by atoms with Crippen molar-refractivity contribution in [3.05, 3.63) is 51.4 Å². The molecule has 0 radical (unpaired) electrons. The van der Waals surface area contributed by atoms with Crippen molar-refractivity contribution in [2.45, 2.75) is 6.04 Å². The molecule has 1 aromatic carbocycles. The van der Waals surface area contributed by atoms with Gasteiger partial charge in [0.15, 0.2) is 0 Å². The van der Waals surface area contributed by atoms with E-state index in [1.165, 1.54) is 3.57 Å². The minimum Gasteiger partial charge on any atom is -0.275 e. The van der Waals surface area contributed by atoms with Gasteiger partial charge in [0.2, 0.25) is 0 Å². The zero-order valence-electron chi connectivity index (χ0n) is 8.89. The third kappa shape index (κ3) is 2.42. The number of rotatable bonds is 3. The van der Waals surface area contributed by atoms with Gasteiger partial charge in [-0.2, -0.15) is 5.10 Å². The number of hydrogen-bond donors (Lipinski definition) is 2. The number of aromatic nitrogens is 2. The number of nitrogens with two attached hydrogens (primary N) is 1. The lowest BCUT2D eigenvalue weighted by Gasteiger charge is -2.14. The fraction of sp³-hybridized carbons (Fsp3) is 0.182. The second-order valence-electron chi connectivity index (χ2n) is 3.60. The van der Waals surface area contributed by atoms with Crippen molar-refractivity contribution in [3.8, 4) is 0 Å². The van der Waals surface area contributed by atoms with Gasteiger partial charge >= 0.3 is 0 Å². The van der Waals surface area contributed by atoms with Gasteiger partial charge in [-0.25, -0.2) is 5.43 Å². The van der Waals surface area contributed by atoms with E-state index >= 15 is 0 Å². The second kappa shape index (κ2) is 4.94. The van der Waals surface area contributed by atoms with Crippen LogP contribution in [0, 0.1) is 3.57 Å². The van der Waals surface area contributed by atoms with Crippen molar-refractivity contribution in [3.63, 3.8) is 0 Å². The first kappa shape index (κ1) is 11.6. The maximum Gasteiger partial charge on any atom is 0.0740 e. The summed E-state index contributed by atoms with van der Waals surface area (Å²) >= 11 is 2.28. The van der Waals surface area contributed by atoms with Crippen molar-refractivity contribution in [1.82, 2.24) is 15.2 Å². The smallest absolute Gasteiger partial charge is 0.0740 e. The van der Waals surface area contributed by atoms with Crippen LogP contribution in [-0.2, 0) is 7.05 Å². The highest BCUT2D eigenvalue weighted by Gasteiger charge is 2.13. The lowest BCUT2D eigenvalue weighted by atomic mass is 10.0. The van der Waals surface area contributed by atoms with E-state index in [4.69, 9.17) is 5.84 Å². The minimum absolute atomic E-state index is 0.00861. The first-order valence-electron chi connectivity index (χ1n) is 4.91. The Labute approximate surface area is 108 Å². The molecule has 84 valence electrons. The topological polar surface area (TPSA) is 55.9 Å². The first-order valence-corrected chi connectivity index (χ1v) is 5.98. The molecule has 5 heteroatoms. The van der Waals surface area contributed by atoms with Crippen molar-refractivity contribution >= 4 is 22.6 Å². The molecule has 0 spiro atoms. The molecule has 0 aliphatic rings. The highest BCUT2D eigenvalue weighted by Crippen LogP contribution is 2.21. The van der Waals surface area contributed by atoms with Crippen LogP contribution in [0.15, 0.2) is 36.7 Å². The molecule has 3 N–H and O–H groups in total. The van der Waals surface area contributed by atoms with Gasteiger partial charge in [-0.05, 0) is 40.3 Å². The van der Waals surface area contributed by atoms with Crippen LogP contribution in [0.5, 0.6) is 0 Å². The molecule has 1 aromatic heterocycles. The molecule has 16 heavy (non-hydrogen) atoms. The fourth-order valence-electron chi connectivity index (χ4n) is 1.63. The average molecular weight is 328 g/mol. The van der Waals surface area contributed by atoms with E-state index in [1.54, 1.807) is 4.68 Å². The Kier molecular flexibility index (Phi) is 3.57. The molecule has 0 aliphatic carbocycles. The van der Waals surface area contributed by atoms with Crippen LogP contribution in [0.2, 0.25) is 0 Å². The summed E-state index contributed by atoms with van der Waals surface area (Å²) in [5.41, 5.74) is 5.01. The molecule has 0 bridgehead atoms. The zero-order chi connectivity index (χ0) is 11.5. The van der Waals surface area contributed by atoms with Gasteiger partial charge in [0.25, 0.3) is 0 Å². The SMILES string of the molecule is Cn1cc(C(NN)c2ccc(I)cc2)cn1. The van der Waals surface area contributed by atoms with Crippen LogP contribution >= 0.6 is 22.6 Å². The lowest BCUT2D eigenvalue weighted by Crippen LogP contribution is -2.28. The normalized spacial score (nSPS) is 12.7. The van der Waals surface area contributed by atoms with E-state index in [-0.39, 0.29) is 6.04 Å². The van der Waals surface area contributed by atoms with Gasteiger partial charge in [-0.15, -0.1) is 0 Å². The molecule has 0 saturated heterocycles.